The van der Waals surface area contributed by atoms with Crippen molar-refractivity contribution >= 4 is 22.6 Å². The molecule has 3 aromatic rings. The van der Waals surface area contributed by atoms with Crippen LogP contribution in [0, 0.1) is 27.7 Å². The number of nitrogens with one attached hydrogen (secondary N) is 1. The number of carbonyl (C=O) groups is 1. The summed E-state index contributed by atoms with van der Waals surface area (Å²) in [5.41, 5.74) is 6.69. The largest absolute Gasteiger partial charge is 0.356 e. The molecule has 1 amide bonds. The van der Waals surface area contributed by atoms with E-state index in [2.05, 4.69) is 10.5 Å². The van der Waals surface area contributed by atoms with Crippen molar-refractivity contribution in [1.29, 1.82) is 0 Å². The highest BCUT2D eigenvalue weighted by atomic mass is 16.5. The summed E-state index contributed by atoms with van der Waals surface area (Å²) in [7, 11) is 0. The molecule has 0 aliphatic heterocycles. The van der Waals surface area contributed by atoms with Crippen LogP contribution in [0.4, 0.5) is 5.69 Å². The van der Waals surface area contributed by atoms with E-state index >= 15 is 0 Å². The maximum atomic E-state index is 12.4. The van der Waals surface area contributed by atoms with Gasteiger partial charge in [-0.05, 0) is 62.1 Å². The van der Waals surface area contributed by atoms with Crippen LogP contribution >= 0.6 is 0 Å². The predicted octanol–water partition coefficient (Wildman–Crippen LogP) is 4.24. The van der Waals surface area contributed by atoms with Crippen LogP contribution in [0.15, 0.2) is 34.9 Å². The average Bonchev–Trinajstić information content (AvgIpc) is 2.86. The Morgan fingerprint density at radius 1 is 1.04 bits per heavy atom. The number of aryl methyl sites for hydroxylation is 4. The van der Waals surface area contributed by atoms with Gasteiger partial charge >= 0.3 is 0 Å². The third-order valence-electron chi connectivity index (χ3n) is 4.23. The molecule has 1 aromatic heterocycles. The van der Waals surface area contributed by atoms with E-state index in [4.69, 9.17) is 4.52 Å². The van der Waals surface area contributed by atoms with E-state index in [0.717, 1.165) is 38.9 Å². The number of amides is 1. The zero-order chi connectivity index (χ0) is 16.6. The van der Waals surface area contributed by atoms with Crippen LogP contribution in [-0.4, -0.2) is 11.1 Å². The number of anilines is 1. The topological polar surface area (TPSA) is 55.1 Å². The third kappa shape index (κ3) is 2.97. The molecule has 0 fully saturated rings. The molecule has 0 unspecified atom stereocenters. The van der Waals surface area contributed by atoms with Gasteiger partial charge < -0.3 is 9.84 Å². The van der Waals surface area contributed by atoms with Crippen LogP contribution in [0.5, 0.6) is 0 Å². The fourth-order valence-electron chi connectivity index (χ4n) is 2.72. The van der Waals surface area contributed by atoms with E-state index < -0.39 is 0 Å². The Morgan fingerprint density at radius 2 is 1.70 bits per heavy atom. The van der Waals surface area contributed by atoms with Crippen LogP contribution in [0.2, 0.25) is 0 Å². The number of benzene rings is 2. The number of hydrogen-bond donors (Lipinski definition) is 1. The van der Waals surface area contributed by atoms with Gasteiger partial charge in [-0.15, -0.1) is 0 Å². The average molecular weight is 308 g/mol. The maximum absolute atomic E-state index is 12.4. The van der Waals surface area contributed by atoms with Crippen molar-refractivity contribution in [3.63, 3.8) is 0 Å². The quantitative estimate of drug-likeness (QED) is 0.787. The van der Waals surface area contributed by atoms with Crippen molar-refractivity contribution in [2.24, 2.45) is 0 Å². The molecule has 4 nitrogen and oxygen atoms in total. The van der Waals surface area contributed by atoms with Gasteiger partial charge in [-0.2, -0.15) is 0 Å². The van der Waals surface area contributed by atoms with Crippen molar-refractivity contribution in [3.8, 4) is 0 Å². The van der Waals surface area contributed by atoms with Gasteiger partial charge in [0.2, 0.25) is 5.91 Å². The fraction of sp³-hybridized carbons (Fsp3) is 0.263. The van der Waals surface area contributed by atoms with Gasteiger partial charge in [0.1, 0.15) is 5.69 Å². The van der Waals surface area contributed by atoms with Gasteiger partial charge in [0, 0.05) is 11.1 Å². The van der Waals surface area contributed by atoms with Crippen LogP contribution < -0.4 is 5.32 Å². The fourth-order valence-corrected chi connectivity index (χ4v) is 2.72. The number of hydrogen-bond acceptors (Lipinski definition) is 3. The Bertz CT molecular complexity index is 874. The summed E-state index contributed by atoms with van der Waals surface area (Å²) < 4.78 is 5.35. The van der Waals surface area contributed by atoms with Crippen LogP contribution in [0.3, 0.4) is 0 Å². The lowest BCUT2D eigenvalue weighted by molar-refractivity contribution is -0.115. The summed E-state index contributed by atoms with van der Waals surface area (Å²) in [5.74, 6) is -0.0872. The molecule has 0 saturated carbocycles. The first-order valence-electron chi connectivity index (χ1n) is 7.67. The molecule has 0 atom stereocenters. The third-order valence-corrected chi connectivity index (χ3v) is 4.23. The highest BCUT2D eigenvalue weighted by molar-refractivity contribution is 5.96. The van der Waals surface area contributed by atoms with Crippen molar-refractivity contribution in [3.05, 3.63) is 58.3 Å². The summed E-state index contributed by atoms with van der Waals surface area (Å²) in [6, 6.07) is 9.95. The minimum atomic E-state index is -0.0872. The molecule has 4 heteroatoms. The van der Waals surface area contributed by atoms with Crippen LogP contribution in [-0.2, 0) is 11.2 Å². The maximum Gasteiger partial charge on any atom is 0.230 e. The molecule has 0 radical (unpaired) electrons. The second-order valence-corrected chi connectivity index (χ2v) is 6.05. The summed E-state index contributed by atoms with van der Waals surface area (Å²) in [6.07, 6.45) is 0.198. The number of aromatic nitrogens is 1. The first-order valence-corrected chi connectivity index (χ1v) is 7.67. The van der Waals surface area contributed by atoms with Crippen molar-refractivity contribution in [2.75, 3.05) is 5.32 Å². The Hall–Kier alpha value is -2.62. The molecule has 1 N–H and O–H groups in total. The first kappa shape index (κ1) is 15.3. The minimum Gasteiger partial charge on any atom is -0.356 e. The van der Waals surface area contributed by atoms with E-state index in [9.17, 15) is 4.79 Å². The standard InChI is InChI=1S/C19H20N2O2/c1-11-6-5-7-12(2)19(11)20-18(22)10-16-15-8-13(3)14(4)9-17(15)23-21-16/h5-9H,10H2,1-4H3,(H,20,22). The molecule has 3 rings (SSSR count). The molecular formula is C19H20N2O2. The number of fused-ring (bicyclic) bond motifs is 1. The van der Waals surface area contributed by atoms with Gasteiger partial charge in [-0.3, -0.25) is 4.79 Å². The van der Waals surface area contributed by atoms with Crippen LogP contribution in [0.1, 0.15) is 27.9 Å². The molecule has 0 saturated heterocycles. The molecule has 2 aromatic carbocycles. The number of carbonyl (C=O) groups excluding carboxylic acids is 1. The van der Waals surface area contributed by atoms with Gasteiger partial charge in [0.15, 0.2) is 5.58 Å². The summed E-state index contributed by atoms with van der Waals surface area (Å²) >= 11 is 0. The van der Waals surface area contributed by atoms with E-state index in [1.54, 1.807) is 0 Å². The summed E-state index contributed by atoms with van der Waals surface area (Å²) in [5, 5.41) is 7.96. The molecule has 23 heavy (non-hydrogen) atoms. The molecule has 1 heterocycles. The Balaban J connectivity index is 1.85. The molecule has 0 aliphatic rings. The minimum absolute atomic E-state index is 0.0872. The molecule has 0 spiro atoms. The molecule has 118 valence electrons. The van der Waals surface area contributed by atoms with E-state index in [0.29, 0.717) is 5.69 Å². The Morgan fingerprint density at radius 3 is 2.39 bits per heavy atom. The van der Waals surface area contributed by atoms with Crippen molar-refractivity contribution in [2.45, 2.75) is 34.1 Å². The summed E-state index contributed by atoms with van der Waals surface area (Å²) in [4.78, 5) is 12.4. The van der Waals surface area contributed by atoms with Gasteiger partial charge in [0.05, 0.1) is 6.42 Å². The van der Waals surface area contributed by atoms with Crippen LogP contribution in [0.25, 0.3) is 11.0 Å². The number of para-hydroxylation sites is 1. The Kier molecular flexibility index (Phi) is 3.90. The second-order valence-electron chi connectivity index (χ2n) is 6.05. The second kappa shape index (κ2) is 5.88. The van der Waals surface area contributed by atoms with E-state index in [1.165, 1.54) is 0 Å². The van der Waals surface area contributed by atoms with Crippen molar-refractivity contribution in [1.82, 2.24) is 5.16 Å². The number of rotatable bonds is 3. The lowest BCUT2D eigenvalue weighted by atomic mass is 10.1. The van der Waals surface area contributed by atoms with Gasteiger partial charge in [-0.1, -0.05) is 23.4 Å². The van der Waals surface area contributed by atoms with Crippen molar-refractivity contribution < 1.29 is 9.32 Å². The highest BCUT2D eigenvalue weighted by Gasteiger charge is 2.15. The molecule has 0 aliphatic carbocycles. The zero-order valence-corrected chi connectivity index (χ0v) is 13.9. The van der Waals surface area contributed by atoms with E-state index in [1.807, 2.05) is 58.0 Å². The lowest BCUT2D eigenvalue weighted by Gasteiger charge is -2.10. The van der Waals surface area contributed by atoms with Gasteiger partial charge in [0.25, 0.3) is 0 Å². The SMILES string of the molecule is Cc1cc2onc(CC(=O)Nc3c(C)cccc3C)c2cc1C. The molecule has 0 bridgehead atoms. The normalized spacial score (nSPS) is 11.0. The predicted molar refractivity (Wildman–Crippen MR) is 91.7 cm³/mol. The smallest absolute Gasteiger partial charge is 0.230 e. The first-order chi connectivity index (χ1) is 11.0. The molecular weight excluding hydrogens is 288 g/mol. The highest BCUT2D eigenvalue weighted by Crippen LogP contribution is 2.24. The number of nitrogens with zero attached hydrogens (tertiary/aromatic N) is 1. The zero-order valence-electron chi connectivity index (χ0n) is 13.9. The lowest BCUT2D eigenvalue weighted by Crippen LogP contribution is -2.16. The monoisotopic (exact) mass is 308 g/mol. The summed E-state index contributed by atoms with van der Waals surface area (Å²) in [6.45, 7) is 8.05. The Labute approximate surface area is 135 Å². The van der Waals surface area contributed by atoms with E-state index in [-0.39, 0.29) is 12.3 Å². The van der Waals surface area contributed by atoms with Gasteiger partial charge in [-0.25, -0.2) is 0 Å².